The van der Waals surface area contributed by atoms with Crippen LogP contribution in [0.3, 0.4) is 0 Å². The van der Waals surface area contributed by atoms with Crippen LogP contribution in [0.5, 0.6) is 0 Å². The Morgan fingerprint density at radius 2 is 1.94 bits per heavy atom. The molecule has 1 fully saturated rings. The molecule has 9 nitrogen and oxygen atoms in total. The summed E-state index contributed by atoms with van der Waals surface area (Å²) in [6, 6.07) is 3.94. The molecule has 1 aliphatic carbocycles. The lowest BCUT2D eigenvalue weighted by molar-refractivity contribution is 0.0681. The summed E-state index contributed by atoms with van der Waals surface area (Å²) >= 11 is 0. The Hall–Kier alpha value is -3.34. The van der Waals surface area contributed by atoms with Gasteiger partial charge in [-0.15, -0.1) is 0 Å². The largest absolute Gasteiger partial charge is 0.381 e. The summed E-state index contributed by atoms with van der Waals surface area (Å²) in [5, 5.41) is 7.41. The van der Waals surface area contributed by atoms with E-state index in [9.17, 15) is 8.78 Å². The number of anilines is 2. The highest BCUT2D eigenvalue weighted by molar-refractivity contribution is 6.01. The van der Waals surface area contributed by atoms with Crippen molar-refractivity contribution in [1.82, 2.24) is 29.5 Å². The molecule has 0 radical (unpaired) electrons. The molecule has 0 aromatic carbocycles. The molecule has 34 heavy (non-hydrogen) atoms. The number of methoxy groups -OCH3 is 1. The van der Waals surface area contributed by atoms with E-state index in [2.05, 4.69) is 25.6 Å². The van der Waals surface area contributed by atoms with Crippen molar-refractivity contribution in [1.29, 1.82) is 0 Å². The predicted octanol–water partition coefficient (Wildman–Crippen LogP) is 4.35. The third kappa shape index (κ3) is 4.15. The Bertz CT molecular complexity index is 1310. The van der Waals surface area contributed by atoms with Gasteiger partial charge in [0.1, 0.15) is 22.8 Å². The second-order valence-corrected chi connectivity index (χ2v) is 8.63. The summed E-state index contributed by atoms with van der Waals surface area (Å²) in [7, 11) is 3.57. The number of nitrogens with zero attached hydrogens (tertiary/aromatic N) is 5. The number of hydrogen-bond donors (Lipinski definition) is 3. The van der Waals surface area contributed by atoms with Crippen LogP contribution in [-0.4, -0.2) is 62.2 Å². The highest BCUT2D eigenvalue weighted by Crippen LogP contribution is 2.33. The number of hydrogen-bond acceptors (Lipinski definition) is 7. The number of nitrogens with one attached hydrogen (secondary N) is 3. The van der Waals surface area contributed by atoms with E-state index in [1.54, 1.807) is 20.1 Å². The molecule has 0 spiro atoms. The van der Waals surface area contributed by atoms with Gasteiger partial charge in [-0.25, -0.2) is 18.7 Å². The molecule has 0 unspecified atom stereocenters. The second-order valence-electron chi connectivity index (χ2n) is 8.63. The van der Waals surface area contributed by atoms with Crippen LogP contribution in [0, 0.1) is 6.92 Å². The smallest absolute Gasteiger partial charge is 0.256 e. The van der Waals surface area contributed by atoms with E-state index in [1.807, 2.05) is 19.3 Å². The van der Waals surface area contributed by atoms with Crippen LogP contribution in [0.2, 0.25) is 0 Å². The van der Waals surface area contributed by atoms with Gasteiger partial charge in [-0.2, -0.15) is 9.97 Å². The molecule has 4 aromatic heterocycles. The fourth-order valence-electron chi connectivity index (χ4n) is 4.73. The van der Waals surface area contributed by atoms with Gasteiger partial charge in [0.05, 0.1) is 23.7 Å². The second kappa shape index (κ2) is 9.13. The molecule has 0 atom stereocenters. The quantitative estimate of drug-likeness (QED) is 0.369. The number of aryl methyl sites for hydroxylation is 1. The van der Waals surface area contributed by atoms with Crippen molar-refractivity contribution in [3.63, 3.8) is 0 Å². The number of alkyl halides is 2. The molecule has 0 aliphatic heterocycles. The lowest BCUT2D eigenvalue weighted by Gasteiger charge is -2.28. The van der Waals surface area contributed by atoms with E-state index >= 15 is 0 Å². The van der Waals surface area contributed by atoms with Crippen LogP contribution < -0.4 is 10.6 Å². The lowest BCUT2D eigenvalue weighted by Crippen LogP contribution is -2.29. The average Bonchev–Trinajstić information content (AvgIpc) is 3.39. The normalized spacial score (nSPS) is 18.8. The van der Waals surface area contributed by atoms with Gasteiger partial charge in [-0.3, -0.25) is 0 Å². The minimum Gasteiger partial charge on any atom is -0.381 e. The fraction of sp³-hybridized carbons (Fsp3) is 0.478. The topological polar surface area (TPSA) is 106 Å². The first-order valence-corrected chi connectivity index (χ1v) is 11.5. The first-order chi connectivity index (χ1) is 16.5. The van der Waals surface area contributed by atoms with Crippen LogP contribution in [-0.2, 0) is 11.3 Å². The van der Waals surface area contributed by atoms with Gasteiger partial charge in [-0.05, 0) is 44.7 Å². The van der Waals surface area contributed by atoms with Crippen molar-refractivity contribution in [2.45, 2.75) is 57.7 Å². The van der Waals surface area contributed by atoms with Crippen LogP contribution in [0.4, 0.5) is 20.5 Å². The Morgan fingerprint density at radius 3 is 2.65 bits per heavy atom. The minimum atomic E-state index is -2.49. The third-order valence-corrected chi connectivity index (χ3v) is 6.49. The summed E-state index contributed by atoms with van der Waals surface area (Å²) in [6.45, 7) is 1.26. The van der Waals surface area contributed by atoms with Gasteiger partial charge in [0.25, 0.3) is 6.43 Å². The standard InChI is InChI=1S/C23H28F2N8O/c1-12-28-17-9-8-16(30-22(17)33(12)11-18(24)25)15-10-27-21-19(15)20(26-2)31-23(32-21)29-13-4-6-14(34-3)7-5-13/h8-10,13-14,18H,4-7,11H2,1-3H3,(H3,26,27,29,31,32). The zero-order chi connectivity index (χ0) is 23.8. The Kier molecular flexibility index (Phi) is 6.03. The van der Waals surface area contributed by atoms with Crippen molar-refractivity contribution in [2.24, 2.45) is 0 Å². The number of fused-ring (bicyclic) bond motifs is 2. The molecule has 1 aliphatic rings. The number of imidazole rings is 1. The molecular weight excluding hydrogens is 442 g/mol. The van der Waals surface area contributed by atoms with E-state index < -0.39 is 13.0 Å². The number of halogens is 2. The summed E-state index contributed by atoms with van der Waals surface area (Å²) in [4.78, 5) is 21.7. The van der Waals surface area contributed by atoms with Gasteiger partial charge in [-0.1, -0.05) is 0 Å². The first-order valence-electron chi connectivity index (χ1n) is 11.5. The monoisotopic (exact) mass is 470 g/mol. The Balaban J connectivity index is 1.49. The van der Waals surface area contributed by atoms with Crippen molar-refractivity contribution in [3.05, 3.63) is 24.2 Å². The van der Waals surface area contributed by atoms with Gasteiger partial charge >= 0.3 is 0 Å². The van der Waals surface area contributed by atoms with Crippen LogP contribution in [0.15, 0.2) is 18.3 Å². The van der Waals surface area contributed by atoms with Gasteiger partial charge < -0.3 is 24.9 Å². The van der Waals surface area contributed by atoms with Crippen LogP contribution in [0.1, 0.15) is 31.5 Å². The SMILES string of the molecule is CNc1nc(NC2CCC(OC)CC2)nc2[nH]cc(-c3ccc4nc(C)n(CC(F)F)c4n3)c12. The number of ether oxygens (including phenoxy) is 1. The number of aromatic amines is 1. The van der Waals surface area contributed by atoms with Gasteiger partial charge in [0, 0.05) is 32.0 Å². The van der Waals surface area contributed by atoms with Gasteiger partial charge in [0.2, 0.25) is 5.95 Å². The fourth-order valence-corrected chi connectivity index (χ4v) is 4.73. The van der Waals surface area contributed by atoms with Crippen molar-refractivity contribution in [2.75, 3.05) is 24.8 Å². The van der Waals surface area contributed by atoms with Crippen LogP contribution >= 0.6 is 0 Å². The zero-order valence-electron chi connectivity index (χ0n) is 19.4. The molecule has 3 N–H and O–H groups in total. The van der Waals surface area contributed by atoms with Gasteiger partial charge in [0.15, 0.2) is 5.65 Å². The van der Waals surface area contributed by atoms with E-state index in [-0.39, 0.29) is 0 Å². The molecule has 0 bridgehead atoms. The zero-order valence-corrected chi connectivity index (χ0v) is 19.4. The maximum Gasteiger partial charge on any atom is 0.256 e. The molecular formula is C23H28F2N8O. The molecule has 4 aromatic rings. The summed E-state index contributed by atoms with van der Waals surface area (Å²) in [5.41, 5.74) is 3.10. The Morgan fingerprint density at radius 1 is 1.15 bits per heavy atom. The maximum atomic E-state index is 13.1. The molecule has 4 heterocycles. The van der Waals surface area contributed by atoms with Crippen molar-refractivity contribution < 1.29 is 13.5 Å². The predicted molar refractivity (Wildman–Crippen MR) is 127 cm³/mol. The molecule has 180 valence electrons. The summed E-state index contributed by atoms with van der Waals surface area (Å²) in [5.74, 6) is 1.72. The summed E-state index contributed by atoms with van der Waals surface area (Å²) in [6.07, 6.45) is 3.68. The molecule has 5 rings (SSSR count). The van der Waals surface area contributed by atoms with E-state index in [0.717, 1.165) is 36.6 Å². The highest BCUT2D eigenvalue weighted by Gasteiger charge is 2.23. The number of aromatic nitrogens is 6. The average molecular weight is 471 g/mol. The van der Waals surface area contributed by atoms with E-state index in [0.29, 0.717) is 52.2 Å². The first kappa shape index (κ1) is 22.5. The minimum absolute atomic E-state index is 0.297. The maximum absolute atomic E-state index is 13.1. The highest BCUT2D eigenvalue weighted by atomic mass is 19.3. The molecule has 0 amide bonds. The van der Waals surface area contributed by atoms with Crippen molar-refractivity contribution >= 4 is 34.0 Å². The number of pyridine rings is 1. The lowest BCUT2D eigenvalue weighted by atomic mass is 9.93. The molecule has 1 saturated carbocycles. The van der Waals surface area contributed by atoms with E-state index in [4.69, 9.17) is 14.7 Å². The van der Waals surface area contributed by atoms with Crippen LogP contribution in [0.25, 0.3) is 33.5 Å². The number of H-pyrrole nitrogens is 1. The van der Waals surface area contributed by atoms with Crippen molar-refractivity contribution in [3.8, 4) is 11.3 Å². The summed E-state index contributed by atoms with van der Waals surface area (Å²) < 4.78 is 33.1. The molecule has 0 saturated heterocycles. The Labute approximate surface area is 195 Å². The van der Waals surface area contributed by atoms with E-state index in [1.165, 1.54) is 4.57 Å². The third-order valence-electron chi connectivity index (χ3n) is 6.49. The number of rotatable bonds is 7. The molecule has 11 heteroatoms.